The molecule has 2 heterocycles. The number of hydrogen-bond acceptors (Lipinski definition) is 6. The van der Waals surface area contributed by atoms with Crippen molar-refractivity contribution < 1.29 is 14.6 Å². The van der Waals surface area contributed by atoms with Crippen molar-refractivity contribution in [2.24, 2.45) is 0 Å². The number of hydrogen-bond donors (Lipinski definition) is 2. The number of rotatable bonds is 4. The number of nitrogens with zero attached hydrogens (tertiary/aromatic N) is 3. The summed E-state index contributed by atoms with van der Waals surface area (Å²) in [6, 6.07) is 0.315. The molecule has 0 unspecified atom stereocenters. The van der Waals surface area contributed by atoms with Crippen LogP contribution in [0.25, 0.3) is 0 Å². The van der Waals surface area contributed by atoms with Crippen LogP contribution in [-0.4, -0.2) is 53.4 Å². The number of aromatic nitrogens is 2. The lowest BCUT2D eigenvalue weighted by atomic mass is 10.2. The van der Waals surface area contributed by atoms with Gasteiger partial charge in [-0.2, -0.15) is 4.98 Å². The second-order valence-electron chi connectivity index (χ2n) is 5.46. The van der Waals surface area contributed by atoms with Crippen LogP contribution in [0.2, 0.25) is 0 Å². The van der Waals surface area contributed by atoms with Gasteiger partial charge >= 0.3 is 5.97 Å². The zero-order valence-corrected chi connectivity index (χ0v) is 11.9. The second-order valence-corrected chi connectivity index (χ2v) is 5.46. The molecule has 0 atom stereocenters. The maximum Gasteiger partial charge on any atom is 0.341 e. The fourth-order valence-corrected chi connectivity index (χ4v) is 2.82. The molecule has 0 spiro atoms. The van der Waals surface area contributed by atoms with Crippen LogP contribution in [0.4, 0.5) is 11.8 Å². The summed E-state index contributed by atoms with van der Waals surface area (Å²) in [6.07, 6.45) is 5.90. The molecule has 2 fully saturated rings. The van der Waals surface area contributed by atoms with E-state index in [4.69, 9.17) is 4.74 Å². The molecular formula is C14H20N4O3. The third-order valence-electron chi connectivity index (χ3n) is 4.00. The number of nitrogens with one attached hydrogen (secondary N) is 1. The van der Waals surface area contributed by atoms with E-state index < -0.39 is 5.97 Å². The van der Waals surface area contributed by atoms with E-state index in [1.807, 2.05) is 4.90 Å². The predicted octanol–water partition coefficient (Wildman–Crippen LogP) is 1.37. The summed E-state index contributed by atoms with van der Waals surface area (Å²) in [5.41, 5.74) is 0.138. The molecule has 0 bridgehead atoms. The van der Waals surface area contributed by atoms with Gasteiger partial charge in [0, 0.05) is 25.3 Å². The Morgan fingerprint density at radius 2 is 2.05 bits per heavy atom. The van der Waals surface area contributed by atoms with E-state index in [1.165, 1.54) is 19.0 Å². The zero-order valence-electron chi connectivity index (χ0n) is 11.9. The van der Waals surface area contributed by atoms with Gasteiger partial charge in [0.1, 0.15) is 11.4 Å². The van der Waals surface area contributed by atoms with Crippen molar-refractivity contribution in [1.29, 1.82) is 0 Å². The fraction of sp³-hybridized carbons (Fsp3) is 0.643. The lowest BCUT2D eigenvalue weighted by molar-refractivity contribution is 0.0697. The van der Waals surface area contributed by atoms with E-state index in [0.29, 0.717) is 31.0 Å². The first-order chi connectivity index (χ1) is 10.2. The number of aromatic carboxylic acids is 1. The van der Waals surface area contributed by atoms with E-state index in [-0.39, 0.29) is 5.56 Å². The number of ether oxygens (including phenoxy) is 1. The van der Waals surface area contributed by atoms with E-state index in [1.54, 1.807) is 0 Å². The van der Waals surface area contributed by atoms with Crippen LogP contribution in [0.15, 0.2) is 6.20 Å². The van der Waals surface area contributed by atoms with Crippen LogP contribution < -0.4 is 10.2 Å². The molecular weight excluding hydrogens is 272 g/mol. The van der Waals surface area contributed by atoms with Gasteiger partial charge < -0.3 is 20.1 Å². The molecule has 0 amide bonds. The molecule has 1 saturated heterocycles. The molecule has 7 heteroatoms. The number of carbonyl (C=O) groups is 1. The molecule has 2 aliphatic rings. The van der Waals surface area contributed by atoms with Crippen molar-refractivity contribution in [3.63, 3.8) is 0 Å². The Bertz CT molecular complexity index is 511. The molecule has 0 radical (unpaired) electrons. The van der Waals surface area contributed by atoms with Crippen LogP contribution in [0.1, 0.15) is 36.0 Å². The Kier molecular flexibility index (Phi) is 4.19. The smallest absolute Gasteiger partial charge is 0.341 e. The lowest BCUT2D eigenvalue weighted by Gasteiger charge is -2.27. The second kappa shape index (κ2) is 6.26. The minimum Gasteiger partial charge on any atom is -0.477 e. The van der Waals surface area contributed by atoms with Crippen LogP contribution in [0.3, 0.4) is 0 Å². The number of anilines is 2. The molecule has 21 heavy (non-hydrogen) atoms. The van der Waals surface area contributed by atoms with Crippen molar-refractivity contribution in [3.8, 4) is 0 Å². The van der Waals surface area contributed by atoms with Crippen molar-refractivity contribution in [2.45, 2.75) is 31.7 Å². The van der Waals surface area contributed by atoms with E-state index in [9.17, 15) is 9.90 Å². The Morgan fingerprint density at radius 3 is 2.71 bits per heavy atom. The fourth-order valence-electron chi connectivity index (χ4n) is 2.82. The summed E-state index contributed by atoms with van der Waals surface area (Å²) >= 11 is 0. The van der Waals surface area contributed by atoms with Crippen LogP contribution >= 0.6 is 0 Å². The maximum atomic E-state index is 11.3. The molecule has 3 rings (SSSR count). The Hall–Kier alpha value is -1.89. The quantitative estimate of drug-likeness (QED) is 0.866. The van der Waals surface area contributed by atoms with Gasteiger partial charge in [0.25, 0.3) is 0 Å². The van der Waals surface area contributed by atoms with Crippen LogP contribution in [-0.2, 0) is 4.74 Å². The summed E-state index contributed by atoms with van der Waals surface area (Å²) in [7, 11) is 0. The Balaban J connectivity index is 1.83. The van der Waals surface area contributed by atoms with E-state index in [2.05, 4.69) is 15.3 Å². The topological polar surface area (TPSA) is 87.6 Å². The SMILES string of the molecule is O=C(O)c1cnc(N2CCOCC2)nc1NC1CCCC1. The maximum absolute atomic E-state index is 11.3. The lowest BCUT2D eigenvalue weighted by Crippen LogP contribution is -2.37. The molecule has 114 valence electrons. The van der Waals surface area contributed by atoms with Gasteiger partial charge in [-0.05, 0) is 12.8 Å². The molecule has 1 aromatic rings. The highest BCUT2D eigenvalue weighted by Crippen LogP contribution is 2.24. The highest BCUT2D eigenvalue weighted by molar-refractivity contribution is 5.93. The van der Waals surface area contributed by atoms with Gasteiger partial charge in [-0.3, -0.25) is 0 Å². The van der Waals surface area contributed by atoms with Crippen molar-refractivity contribution in [3.05, 3.63) is 11.8 Å². The summed E-state index contributed by atoms with van der Waals surface area (Å²) in [4.78, 5) is 22.0. The summed E-state index contributed by atoms with van der Waals surface area (Å²) in [6.45, 7) is 2.76. The van der Waals surface area contributed by atoms with Crippen LogP contribution in [0, 0.1) is 0 Å². The van der Waals surface area contributed by atoms with Gasteiger partial charge in [0.05, 0.1) is 13.2 Å². The minimum atomic E-state index is -0.996. The third kappa shape index (κ3) is 3.24. The van der Waals surface area contributed by atoms with Gasteiger partial charge in [-0.25, -0.2) is 9.78 Å². The summed E-state index contributed by atoms with van der Waals surface area (Å²) in [5, 5.41) is 12.6. The number of morpholine rings is 1. The third-order valence-corrected chi connectivity index (χ3v) is 4.00. The first kappa shape index (κ1) is 14.1. The van der Waals surface area contributed by atoms with Crippen molar-refractivity contribution in [1.82, 2.24) is 9.97 Å². The van der Waals surface area contributed by atoms with E-state index in [0.717, 1.165) is 25.9 Å². The number of carboxylic acid groups (broad SMARTS) is 1. The predicted molar refractivity (Wildman–Crippen MR) is 77.9 cm³/mol. The number of carboxylic acids is 1. The van der Waals surface area contributed by atoms with E-state index >= 15 is 0 Å². The monoisotopic (exact) mass is 292 g/mol. The molecule has 0 aromatic carbocycles. The van der Waals surface area contributed by atoms with Gasteiger partial charge in [0.15, 0.2) is 0 Å². The molecule has 1 aliphatic heterocycles. The largest absolute Gasteiger partial charge is 0.477 e. The van der Waals surface area contributed by atoms with Crippen molar-refractivity contribution >= 4 is 17.7 Å². The minimum absolute atomic E-state index is 0.138. The molecule has 7 nitrogen and oxygen atoms in total. The molecule has 1 aromatic heterocycles. The molecule has 1 aliphatic carbocycles. The highest BCUT2D eigenvalue weighted by atomic mass is 16.5. The average Bonchev–Trinajstić information content (AvgIpc) is 3.01. The van der Waals surface area contributed by atoms with Gasteiger partial charge in [-0.1, -0.05) is 12.8 Å². The standard InChI is InChI=1S/C14H20N4O3/c19-13(20)11-9-15-14(18-5-7-21-8-6-18)17-12(11)16-10-3-1-2-4-10/h9-10H,1-8H2,(H,19,20)(H,15,16,17). The first-order valence-electron chi connectivity index (χ1n) is 7.43. The van der Waals surface area contributed by atoms with Gasteiger partial charge in [0.2, 0.25) is 5.95 Å². The average molecular weight is 292 g/mol. The normalized spacial score (nSPS) is 19.7. The van der Waals surface area contributed by atoms with Gasteiger partial charge in [-0.15, -0.1) is 0 Å². The molecule has 2 N–H and O–H groups in total. The summed E-state index contributed by atoms with van der Waals surface area (Å²) in [5.74, 6) is 0.0127. The van der Waals surface area contributed by atoms with Crippen molar-refractivity contribution in [2.75, 3.05) is 36.5 Å². The Morgan fingerprint density at radius 1 is 1.33 bits per heavy atom. The van der Waals surface area contributed by atoms with Crippen LogP contribution in [0.5, 0.6) is 0 Å². The highest BCUT2D eigenvalue weighted by Gasteiger charge is 2.22. The Labute approximate surface area is 123 Å². The summed E-state index contributed by atoms with van der Waals surface area (Å²) < 4.78 is 5.31. The zero-order chi connectivity index (χ0) is 14.7. The molecule has 1 saturated carbocycles. The first-order valence-corrected chi connectivity index (χ1v) is 7.43.